The second-order valence-corrected chi connectivity index (χ2v) is 14.0. The van der Waals surface area contributed by atoms with Gasteiger partial charge in [0.25, 0.3) is 0 Å². The zero-order chi connectivity index (χ0) is 33.0. The fourth-order valence-corrected chi connectivity index (χ4v) is 8.77. The molecule has 1 nitrogen and oxygen atoms in total. The van der Waals surface area contributed by atoms with Crippen LogP contribution in [-0.2, 0) is 0 Å². The fraction of sp³-hybridized carbons (Fsp3) is 0. The van der Waals surface area contributed by atoms with Gasteiger partial charge in [-0.25, -0.2) is 0 Å². The molecule has 10 rings (SSSR count). The Morgan fingerprint density at radius 2 is 0.980 bits per heavy atom. The van der Waals surface area contributed by atoms with Gasteiger partial charge in [-0.2, -0.15) is 0 Å². The fourth-order valence-electron chi connectivity index (χ4n) is 7.64. The normalized spacial score (nSPS) is 11.6. The smallest absolute Gasteiger partial charge is 0.0540 e. The first kappa shape index (κ1) is 28.8. The van der Waals surface area contributed by atoms with E-state index in [0.29, 0.717) is 0 Å². The van der Waals surface area contributed by atoms with Crippen molar-refractivity contribution in [2.75, 3.05) is 4.90 Å². The highest BCUT2D eigenvalue weighted by atomic mass is 32.1. The van der Waals surface area contributed by atoms with Gasteiger partial charge in [-0.1, -0.05) is 133 Å². The molecule has 0 aliphatic rings. The van der Waals surface area contributed by atoms with Crippen molar-refractivity contribution >= 4 is 80.9 Å². The van der Waals surface area contributed by atoms with Crippen molar-refractivity contribution in [2.24, 2.45) is 0 Å². The number of para-hydroxylation sites is 1. The topological polar surface area (TPSA) is 3.24 Å². The van der Waals surface area contributed by atoms with E-state index in [1.165, 1.54) is 74.7 Å². The minimum Gasteiger partial charge on any atom is -0.310 e. The zero-order valence-electron chi connectivity index (χ0n) is 27.3. The van der Waals surface area contributed by atoms with E-state index in [-0.39, 0.29) is 0 Å². The monoisotopic (exact) mass is 653 g/mol. The number of fused-ring (bicyclic) bond motifs is 7. The van der Waals surface area contributed by atoms with Crippen LogP contribution < -0.4 is 4.90 Å². The Hall–Kier alpha value is -6.22. The molecular weight excluding hydrogens is 623 g/mol. The Morgan fingerprint density at radius 3 is 1.84 bits per heavy atom. The van der Waals surface area contributed by atoms with Crippen LogP contribution in [0.1, 0.15) is 0 Å². The second-order valence-electron chi connectivity index (χ2n) is 12.9. The van der Waals surface area contributed by atoms with Crippen molar-refractivity contribution in [1.29, 1.82) is 0 Å². The molecule has 0 unspecified atom stereocenters. The molecule has 0 aliphatic heterocycles. The molecule has 0 bridgehead atoms. The number of rotatable bonds is 5. The summed E-state index contributed by atoms with van der Waals surface area (Å²) < 4.78 is 2.66. The SMILES string of the molecule is c1ccc(-c2ccccc2N(c2ccc(-c3cc4ccccc4c4ccccc34)cc2)c2ccc3cc4sc5ccccc5c4cc3c2)cc1. The van der Waals surface area contributed by atoms with Gasteiger partial charge >= 0.3 is 0 Å². The molecule has 0 amide bonds. The van der Waals surface area contributed by atoms with E-state index in [9.17, 15) is 0 Å². The van der Waals surface area contributed by atoms with Crippen molar-refractivity contribution in [3.05, 3.63) is 188 Å². The van der Waals surface area contributed by atoms with Gasteiger partial charge in [-0.15, -0.1) is 11.3 Å². The van der Waals surface area contributed by atoms with Crippen LogP contribution in [0.5, 0.6) is 0 Å². The van der Waals surface area contributed by atoms with Gasteiger partial charge in [-0.05, 0) is 104 Å². The van der Waals surface area contributed by atoms with Crippen LogP contribution in [-0.4, -0.2) is 0 Å². The van der Waals surface area contributed by atoms with Crippen LogP contribution in [0.4, 0.5) is 17.1 Å². The molecular formula is C48H31NS. The van der Waals surface area contributed by atoms with Crippen molar-refractivity contribution < 1.29 is 0 Å². The van der Waals surface area contributed by atoms with E-state index in [1.807, 2.05) is 11.3 Å². The predicted molar refractivity (Wildman–Crippen MR) is 217 cm³/mol. The molecule has 50 heavy (non-hydrogen) atoms. The Kier molecular flexibility index (Phi) is 6.75. The molecule has 0 saturated heterocycles. The first-order valence-electron chi connectivity index (χ1n) is 17.1. The summed E-state index contributed by atoms with van der Waals surface area (Å²) in [4.78, 5) is 2.42. The third-order valence-electron chi connectivity index (χ3n) is 10.0. The van der Waals surface area contributed by atoms with Crippen molar-refractivity contribution in [1.82, 2.24) is 0 Å². The van der Waals surface area contributed by atoms with E-state index in [1.54, 1.807) is 0 Å². The molecule has 0 N–H and O–H groups in total. The van der Waals surface area contributed by atoms with Gasteiger partial charge in [-0.3, -0.25) is 0 Å². The van der Waals surface area contributed by atoms with Crippen LogP contribution in [0.15, 0.2) is 188 Å². The predicted octanol–water partition coefficient (Wildman–Crippen LogP) is 14.3. The van der Waals surface area contributed by atoms with Gasteiger partial charge in [0.05, 0.1) is 5.69 Å². The lowest BCUT2D eigenvalue weighted by atomic mass is 9.93. The molecule has 1 heterocycles. The lowest BCUT2D eigenvalue weighted by Gasteiger charge is -2.28. The first-order valence-corrected chi connectivity index (χ1v) is 17.9. The van der Waals surface area contributed by atoms with E-state index in [4.69, 9.17) is 0 Å². The number of hydrogen-bond acceptors (Lipinski definition) is 2. The summed E-state index contributed by atoms with van der Waals surface area (Å²) in [6.07, 6.45) is 0. The molecule has 0 fully saturated rings. The first-order chi connectivity index (χ1) is 24.8. The summed E-state index contributed by atoms with van der Waals surface area (Å²) in [5, 5.41) is 10.2. The Labute approximate surface area is 294 Å². The average Bonchev–Trinajstić information content (AvgIpc) is 3.55. The molecule has 234 valence electrons. The Morgan fingerprint density at radius 1 is 0.320 bits per heavy atom. The highest BCUT2D eigenvalue weighted by Gasteiger charge is 2.19. The maximum atomic E-state index is 2.42. The highest BCUT2D eigenvalue weighted by Crippen LogP contribution is 2.44. The molecule has 0 aliphatic carbocycles. The number of benzene rings is 9. The van der Waals surface area contributed by atoms with Crippen LogP contribution in [0.25, 0.3) is 74.7 Å². The van der Waals surface area contributed by atoms with Gasteiger partial charge in [0, 0.05) is 37.1 Å². The van der Waals surface area contributed by atoms with Crippen molar-refractivity contribution in [2.45, 2.75) is 0 Å². The summed E-state index contributed by atoms with van der Waals surface area (Å²) in [6, 6.07) is 68.8. The summed E-state index contributed by atoms with van der Waals surface area (Å²) >= 11 is 1.87. The highest BCUT2D eigenvalue weighted by molar-refractivity contribution is 7.25. The number of hydrogen-bond donors (Lipinski definition) is 0. The van der Waals surface area contributed by atoms with Crippen LogP contribution >= 0.6 is 11.3 Å². The van der Waals surface area contributed by atoms with Gasteiger partial charge in [0.1, 0.15) is 0 Å². The second kappa shape index (κ2) is 11.7. The van der Waals surface area contributed by atoms with E-state index in [2.05, 4.69) is 193 Å². The third-order valence-corrected chi connectivity index (χ3v) is 11.1. The lowest BCUT2D eigenvalue weighted by molar-refractivity contribution is 1.29. The Bertz CT molecular complexity index is 2870. The molecule has 0 spiro atoms. The van der Waals surface area contributed by atoms with Crippen LogP contribution in [0.2, 0.25) is 0 Å². The molecule has 9 aromatic carbocycles. The summed E-state index contributed by atoms with van der Waals surface area (Å²) in [7, 11) is 0. The standard InChI is InChI=1S/C48H31NS/c1-2-12-32(13-3-1)40-16-8-10-20-46(40)49(38-27-24-34-31-48-45(30-36(34)28-38)43-19-9-11-21-47(43)50-48)37-25-22-33(23-26-37)44-29-35-14-4-5-15-39(35)41-17-6-7-18-42(41)44/h1-31H. The van der Waals surface area contributed by atoms with Crippen LogP contribution in [0, 0.1) is 0 Å². The minimum atomic E-state index is 1.11. The van der Waals surface area contributed by atoms with Crippen molar-refractivity contribution in [3.63, 3.8) is 0 Å². The van der Waals surface area contributed by atoms with Crippen LogP contribution in [0.3, 0.4) is 0 Å². The molecule has 0 radical (unpaired) electrons. The van der Waals surface area contributed by atoms with Gasteiger partial charge in [0.2, 0.25) is 0 Å². The number of thiophene rings is 1. The van der Waals surface area contributed by atoms with Gasteiger partial charge < -0.3 is 4.90 Å². The minimum absolute atomic E-state index is 1.11. The average molecular weight is 654 g/mol. The zero-order valence-corrected chi connectivity index (χ0v) is 28.1. The molecule has 1 aromatic heterocycles. The summed E-state index contributed by atoms with van der Waals surface area (Å²) in [6.45, 7) is 0. The van der Waals surface area contributed by atoms with Crippen molar-refractivity contribution in [3.8, 4) is 22.3 Å². The molecule has 0 saturated carbocycles. The molecule has 10 aromatic rings. The summed E-state index contributed by atoms with van der Waals surface area (Å²) in [5.41, 5.74) is 8.23. The van der Waals surface area contributed by atoms with E-state index >= 15 is 0 Å². The lowest BCUT2D eigenvalue weighted by Crippen LogP contribution is -2.11. The summed E-state index contributed by atoms with van der Waals surface area (Å²) in [5.74, 6) is 0. The number of nitrogens with zero attached hydrogens (tertiary/aromatic N) is 1. The maximum absolute atomic E-state index is 2.42. The van der Waals surface area contributed by atoms with E-state index in [0.717, 1.165) is 17.1 Å². The Balaban J connectivity index is 1.16. The maximum Gasteiger partial charge on any atom is 0.0540 e. The quantitative estimate of drug-likeness (QED) is 0.167. The van der Waals surface area contributed by atoms with Gasteiger partial charge in [0.15, 0.2) is 0 Å². The van der Waals surface area contributed by atoms with E-state index < -0.39 is 0 Å². The largest absolute Gasteiger partial charge is 0.310 e. The number of anilines is 3. The molecule has 2 heteroatoms. The third kappa shape index (κ3) is 4.76. The molecule has 0 atom stereocenters.